The molecule has 0 bridgehead atoms. The first-order valence-electron chi connectivity index (χ1n) is 12.9. The van der Waals surface area contributed by atoms with Crippen molar-refractivity contribution in [3.05, 3.63) is 92.7 Å². The Labute approximate surface area is 241 Å². The monoisotopic (exact) mass is 587 g/mol. The van der Waals surface area contributed by atoms with Crippen LogP contribution in [-0.4, -0.2) is 39.3 Å². The lowest BCUT2D eigenvalue weighted by atomic mass is 10.0. The molecule has 2 aromatic carbocycles. The van der Waals surface area contributed by atoms with Gasteiger partial charge in [0.2, 0.25) is 5.95 Å². The quantitative estimate of drug-likeness (QED) is 0.295. The SMILES string of the molecule is Cn1nc(N)c2ccc(-c3[nH]c([C@@H]4[C@H]5C[C@H]5c5cc(-c6cc(Cl)ccc6-n6cc(Cl)nn6)cc(=O)n54)nc3F)cc21. The summed E-state index contributed by atoms with van der Waals surface area (Å²) in [6.07, 6.45) is 2.47. The van der Waals surface area contributed by atoms with Crippen LogP contribution in [-0.2, 0) is 7.05 Å². The minimum Gasteiger partial charge on any atom is -0.382 e. The first-order chi connectivity index (χ1) is 19.8. The van der Waals surface area contributed by atoms with Crippen LogP contribution < -0.4 is 11.3 Å². The normalized spacial score (nSPS) is 19.1. The first-order valence-corrected chi connectivity index (χ1v) is 13.6. The molecule has 0 radical (unpaired) electrons. The molecule has 0 saturated heterocycles. The van der Waals surface area contributed by atoms with Gasteiger partial charge in [-0.1, -0.05) is 34.5 Å². The van der Waals surface area contributed by atoms with E-state index in [0.29, 0.717) is 33.5 Å². The fraction of sp³-hybridized carbons (Fsp3) is 0.179. The van der Waals surface area contributed by atoms with Gasteiger partial charge in [-0.15, -0.1) is 5.10 Å². The average molecular weight is 588 g/mol. The molecule has 10 nitrogen and oxygen atoms in total. The van der Waals surface area contributed by atoms with Crippen molar-refractivity contribution in [2.45, 2.75) is 18.4 Å². The average Bonchev–Trinajstić information content (AvgIpc) is 3.17. The van der Waals surface area contributed by atoms with Gasteiger partial charge in [0.15, 0.2) is 11.0 Å². The lowest BCUT2D eigenvalue weighted by Crippen LogP contribution is -2.26. The Balaban J connectivity index is 1.21. The van der Waals surface area contributed by atoms with E-state index in [1.54, 1.807) is 57.5 Å². The fourth-order valence-electron chi connectivity index (χ4n) is 6.20. The standard InChI is InChI=1S/C28H20Cl2FN9O/c1-38-20-6-12(2-4-15(20)27(32)36-38)24-26(31)34-28(33-24)25-18-10-17(18)21-7-13(8-23(41)40(21)25)16-9-14(29)3-5-19(16)39-11-22(30)35-37-39/h2-9,11,17-18,25H,10H2,1H3,(H2,32,36)(H,33,34)/t17-,18+,25+/m1/s1. The number of anilines is 1. The van der Waals surface area contributed by atoms with Crippen LogP contribution in [0.3, 0.4) is 0 Å². The van der Waals surface area contributed by atoms with Gasteiger partial charge in [-0.3, -0.25) is 9.48 Å². The highest BCUT2D eigenvalue weighted by molar-refractivity contribution is 6.31. The summed E-state index contributed by atoms with van der Waals surface area (Å²) in [6, 6.07) is 13.9. The van der Waals surface area contributed by atoms with Crippen LogP contribution in [0.5, 0.6) is 0 Å². The molecule has 6 aromatic rings. The molecule has 1 saturated carbocycles. The second-order valence-electron chi connectivity index (χ2n) is 10.5. The van der Waals surface area contributed by atoms with Crippen LogP contribution in [0.25, 0.3) is 39.0 Å². The molecule has 1 aliphatic heterocycles. The van der Waals surface area contributed by atoms with E-state index >= 15 is 4.39 Å². The number of fused-ring (bicyclic) bond motifs is 4. The Kier molecular flexibility index (Phi) is 5.05. The van der Waals surface area contributed by atoms with Gasteiger partial charge in [0.25, 0.3) is 5.56 Å². The van der Waals surface area contributed by atoms with Gasteiger partial charge in [0, 0.05) is 46.3 Å². The Morgan fingerprint density at radius 3 is 2.76 bits per heavy atom. The molecule has 5 heterocycles. The Hall–Kier alpha value is -4.48. The summed E-state index contributed by atoms with van der Waals surface area (Å²) >= 11 is 12.4. The number of imidazole rings is 1. The van der Waals surface area contributed by atoms with Crippen LogP contribution in [0.15, 0.2) is 59.5 Å². The maximum atomic E-state index is 15.3. The molecule has 204 valence electrons. The minimum atomic E-state index is -0.625. The third-order valence-corrected chi connectivity index (χ3v) is 8.52. The number of hydrogen-bond acceptors (Lipinski definition) is 6. The predicted molar refractivity (Wildman–Crippen MR) is 153 cm³/mol. The topological polar surface area (TPSA) is 125 Å². The highest BCUT2D eigenvalue weighted by Crippen LogP contribution is 2.60. The summed E-state index contributed by atoms with van der Waals surface area (Å²) in [5, 5.41) is 13.7. The van der Waals surface area contributed by atoms with Crippen LogP contribution in [0.2, 0.25) is 10.2 Å². The van der Waals surface area contributed by atoms with Crippen molar-refractivity contribution in [3.63, 3.8) is 0 Å². The number of nitrogens with zero attached hydrogens (tertiary/aromatic N) is 7. The Bertz CT molecular complexity index is 2110. The summed E-state index contributed by atoms with van der Waals surface area (Å²) in [4.78, 5) is 21.1. The third-order valence-electron chi connectivity index (χ3n) is 8.11. The van der Waals surface area contributed by atoms with Crippen LogP contribution in [0.4, 0.5) is 10.2 Å². The van der Waals surface area contributed by atoms with Gasteiger partial charge < -0.3 is 15.3 Å². The minimum absolute atomic E-state index is 0.142. The van der Waals surface area contributed by atoms with Crippen molar-refractivity contribution in [3.8, 4) is 28.1 Å². The number of halogens is 3. The fourth-order valence-corrected chi connectivity index (χ4v) is 6.50. The number of pyridine rings is 1. The number of aryl methyl sites for hydroxylation is 1. The highest BCUT2D eigenvalue weighted by Gasteiger charge is 2.54. The van der Waals surface area contributed by atoms with E-state index in [2.05, 4.69) is 25.4 Å². The summed E-state index contributed by atoms with van der Waals surface area (Å²) in [7, 11) is 1.79. The number of nitrogens with two attached hydrogens (primary N) is 1. The molecular formula is C28H20Cl2FN9O. The zero-order valence-corrected chi connectivity index (χ0v) is 22.9. The number of aromatic nitrogens is 8. The lowest BCUT2D eigenvalue weighted by molar-refractivity contribution is 0.504. The van der Waals surface area contributed by atoms with E-state index < -0.39 is 12.0 Å². The van der Waals surface area contributed by atoms with Crippen molar-refractivity contribution < 1.29 is 4.39 Å². The van der Waals surface area contributed by atoms with Crippen LogP contribution in [0, 0.1) is 11.9 Å². The lowest BCUT2D eigenvalue weighted by Gasteiger charge is -2.17. The molecule has 3 atom stereocenters. The number of H-pyrrole nitrogens is 1. The number of rotatable bonds is 4. The molecular weight excluding hydrogens is 568 g/mol. The van der Waals surface area contributed by atoms with Gasteiger partial charge in [-0.25, -0.2) is 9.67 Å². The number of aromatic amines is 1. The summed E-state index contributed by atoms with van der Waals surface area (Å²) in [5.74, 6) is 0.518. The number of hydrogen-bond donors (Lipinski definition) is 2. The van der Waals surface area contributed by atoms with Crippen molar-refractivity contribution in [1.82, 2.24) is 39.3 Å². The predicted octanol–water partition coefficient (Wildman–Crippen LogP) is 5.11. The molecule has 0 amide bonds. The van der Waals surface area contributed by atoms with E-state index in [4.69, 9.17) is 28.9 Å². The highest BCUT2D eigenvalue weighted by atomic mass is 35.5. The molecule has 8 rings (SSSR count). The molecule has 1 aliphatic carbocycles. The largest absolute Gasteiger partial charge is 0.382 e. The molecule has 13 heteroatoms. The molecule has 41 heavy (non-hydrogen) atoms. The van der Waals surface area contributed by atoms with Gasteiger partial charge in [-0.2, -0.15) is 9.49 Å². The smallest absolute Gasteiger partial charge is 0.252 e. The van der Waals surface area contributed by atoms with E-state index in [0.717, 1.165) is 28.6 Å². The van der Waals surface area contributed by atoms with Crippen molar-refractivity contribution in [1.29, 1.82) is 0 Å². The first kappa shape index (κ1) is 24.3. The molecule has 3 N–H and O–H groups in total. The number of nitrogen functional groups attached to an aromatic ring is 1. The second kappa shape index (κ2) is 8.51. The third kappa shape index (κ3) is 3.65. The van der Waals surface area contributed by atoms with Gasteiger partial charge >= 0.3 is 0 Å². The van der Waals surface area contributed by atoms with Gasteiger partial charge in [0.05, 0.1) is 23.4 Å². The summed E-state index contributed by atoms with van der Waals surface area (Å²) < 4.78 is 20.2. The molecule has 1 fully saturated rings. The Morgan fingerprint density at radius 1 is 1.10 bits per heavy atom. The van der Waals surface area contributed by atoms with Crippen LogP contribution in [0.1, 0.15) is 29.9 Å². The van der Waals surface area contributed by atoms with E-state index in [1.807, 2.05) is 18.2 Å². The zero-order chi connectivity index (χ0) is 28.2. The van der Waals surface area contributed by atoms with E-state index in [9.17, 15) is 4.79 Å². The van der Waals surface area contributed by atoms with Crippen molar-refractivity contribution >= 4 is 39.9 Å². The maximum absolute atomic E-state index is 15.3. The zero-order valence-electron chi connectivity index (χ0n) is 21.4. The summed E-state index contributed by atoms with van der Waals surface area (Å²) in [6.45, 7) is 0. The number of nitrogens with one attached hydrogen (secondary N) is 1. The maximum Gasteiger partial charge on any atom is 0.252 e. The number of benzene rings is 2. The molecule has 0 spiro atoms. The Morgan fingerprint density at radius 2 is 1.95 bits per heavy atom. The molecule has 0 unspecified atom stereocenters. The van der Waals surface area contributed by atoms with Crippen LogP contribution >= 0.6 is 23.2 Å². The summed E-state index contributed by atoms with van der Waals surface area (Å²) in [5.41, 5.74) is 10.4. The van der Waals surface area contributed by atoms with Gasteiger partial charge in [0.1, 0.15) is 11.5 Å². The molecule has 4 aromatic heterocycles. The van der Waals surface area contributed by atoms with E-state index in [1.165, 1.54) is 0 Å². The second-order valence-corrected chi connectivity index (χ2v) is 11.3. The van der Waals surface area contributed by atoms with Crippen molar-refractivity contribution in [2.24, 2.45) is 13.0 Å². The van der Waals surface area contributed by atoms with Crippen molar-refractivity contribution in [2.75, 3.05) is 5.73 Å². The van der Waals surface area contributed by atoms with Gasteiger partial charge in [-0.05, 0) is 54.3 Å². The molecule has 2 aliphatic rings. The van der Waals surface area contributed by atoms with E-state index in [-0.39, 0.29) is 28.2 Å².